The van der Waals surface area contributed by atoms with Gasteiger partial charge in [-0.05, 0) is 64.2 Å². The predicted molar refractivity (Wildman–Crippen MR) is 214 cm³/mol. The number of carbonyl (C=O) groups excluding carboxylic acids is 2. The summed E-state index contributed by atoms with van der Waals surface area (Å²) < 4.78 is 32.6. The number of rotatable bonds is 36. The van der Waals surface area contributed by atoms with Crippen molar-refractivity contribution >= 4 is 19.8 Å². The minimum atomic E-state index is -4.63. The van der Waals surface area contributed by atoms with Gasteiger partial charge in [0.25, 0.3) is 0 Å². The van der Waals surface area contributed by atoms with Gasteiger partial charge in [0.15, 0.2) is 6.10 Å². The fraction of sp³-hybridized carbons (Fsp3) is 0.667. The largest absolute Gasteiger partial charge is 0.472 e. The summed E-state index contributed by atoms with van der Waals surface area (Å²) in [7, 11) is -4.63. The van der Waals surface area contributed by atoms with E-state index in [1.54, 1.807) is 0 Å². The van der Waals surface area contributed by atoms with Crippen molar-refractivity contribution in [1.29, 1.82) is 0 Å². The molecule has 0 aliphatic heterocycles. The van der Waals surface area contributed by atoms with Gasteiger partial charge in [0.1, 0.15) is 12.7 Å². The molecule has 0 aromatic rings. The van der Waals surface area contributed by atoms with Gasteiger partial charge in [-0.3, -0.25) is 18.6 Å². The number of aliphatic hydroxyl groups is 2. The van der Waals surface area contributed by atoms with Crippen LogP contribution in [0.3, 0.4) is 0 Å². The molecule has 0 aromatic heterocycles. The number of unbranched alkanes of at least 4 members (excludes halogenated alkanes) is 13. The number of hydrogen-bond acceptors (Lipinski definition) is 9. The van der Waals surface area contributed by atoms with E-state index < -0.39 is 51.8 Å². The number of hydrogen-bond donors (Lipinski definition) is 3. The lowest BCUT2D eigenvalue weighted by molar-refractivity contribution is -0.161. The molecule has 0 aliphatic carbocycles. The van der Waals surface area contributed by atoms with Gasteiger partial charge < -0.3 is 24.6 Å². The van der Waals surface area contributed by atoms with Crippen molar-refractivity contribution in [3.63, 3.8) is 0 Å². The average Bonchev–Trinajstić information content (AvgIpc) is 3.14. The Hall–Kier alpha value is -2.59. The van der Waals surface area contributed by atoms with Gasteiger partial charge in [0.05, 0.1) is 19.8 Å². The molecule has 0 spiro atoms. The summed E-state index contributed by atoms with van der Waals surface area (Å²) in [5, 5.41) is 18.3. The molecule has 0 saturated heterocycles. The average molecular weight is 767 g/mol. The van der Waals surface area contributed by atoms with Gasteiger partial charge in [0, 0.05) is 12.8 Å². The van der Waals surface area contributed by atoms with Crippen LogP contribution in [0.15, 0.2) is 72.9 Å². The number of aliphatic hydroxyl groups excluding tert-OH is 2. The Morgan fingerprint density at radius 2 is 1.11 bits per heavy atom. The fourth-order valence-electron chi connectivity index (χ4n) is 4.86. The summed E-state index contributed by atoms with van der Waals surface area (Å²) in [6.07, 6.45) is 41.6. The lowest BCUT2D eigenvalue weighted by Crippen LogP contribution is -2.29. The van der Waals surface area contributed by atoms with E-state index in [1.807, 2.05) is 36.5 Å². The highest BCUT2D eigenvalue weighted by Crippen LogP contribution is 2.43. The monoisotopic (exact) mass is 766 g/mol. The number of esters is 2. The molecule has 0 aliphatic rings. The fourth-order valence-corrected chi connectivity index (χ4v) is 5.64. The van der Waals surface area contributed by atoms with E-state index in [-0.39, 0.29) is 19.4 Å². The molecule has 3 atom stereocenters. The normalized spacial score (nSPS) is 14.7. The highest BCUT2D eigenvalue weighted by Gasteiger charge is 2.27. The zero-order valence-electron chi connectivity index (χ0n) is 32.7. The van der Waals surface area contributed by atoms with Gasteiger partial charge in [-0.25, -0.2) is 4.57 Å². The number of phosphoric ester groups is 1. The first-order valence-electron chi connectivity index (χ1n) is 19.9. The third-order valence-electron chi connectivity index (χ3n) is 7.94. The first-order chi connectivity index (χ1) is 25.7. The van der Waals surface area contributed by atoms with Crippen molar-refractivity contribution in [2.24, 2.45) is 0 Å². The van der Waals surface area contributed by atoms with Crippen LogP contribution in [0.5, 0.6) is 0 Å². The molecular formula is C42H71O10P. The van der Waals surface area contributed by atoms with Crippen molar-refractivity contribution in [1.82, 2.24) is 0 Å². The molecular weight excluding hydrogens is 695 g/mol. The molecule has 53 heavy (non-hydrogen) atoms. The van der Waals surface area contributed by atoms with E-state index in [4.69, 9.17) is 19.1 Å². The van der Waals surface area contributed by atoms with E-state index in [1.165, 1.54) is 44.9 Å². The number of phosphoric acid groups is 1. The zero-order chi connectivity index (χ0) is 39.1. The van der Waals surface area contributed by atoms with Crippen LogP contribution in [0.1, 0.15) is 142 Å². The summed E-state index contributed by atoms with van der Waals surface area (Å²) in [6, 6.07) is 0. The molecule has 0 amide bonds. The molecule has 0 fully saturated rings. The quantitative estimate of drug-likeness (QED) is 0.0185. The maximum Gasteiger partial charge on any atom is 0.472 e. The van der Waals surface area contributed by atoms with Crippen LogP contribution in [0.25, 0.3) is 0 Å². The van der Waals surface area contributed by atoms with E-state index in [0.29, 0.717) is 12.8 Å². The van der Waals surface area contributed by atoms with Crippen molar-refractivity contribution in [2.75, 3.05) is 26.4 Å². The van der Waals surface area contributed by atoms with Crippen LogP contribution >= 0.6 is 7.82 Å². The lowest BCUT2D eigenvalue weighted by atomic mass is 10.1. The Bertz CT molecular complexity index is 1110. The standard InChI is InChI=1S/C42H71O10P/c1-3-5-7-9-11-13-15-17-18-19-20-22-23-25-27-29-31-33-41(45)49-37-40(38-51-53(47,48)50-36-39(44)35-43)52-42(46)34-32-30-28-26-24-21-16-14-12-10-8-6-4-2/h6,8,10-14,16-18,21,24,39-40,43-44H,3-5,7,9,15,19-20,22-23,25-38H2,1-2H3,(H,47,48)/b8-6+,12-10+,13-11+,16-14+,18-17+,24-21+/t39-,40?/m0/s1. The first-order valence-corrected chi connectivity index (χ1v) is 21.4. The van der Waals surface area contributed by atoms with E-state index >= 15 is 0 Å². The van der Waals surface area contributed by atoms with Crippen LogP contribution in [0.4, 0.5) is 0 Å². The van der Waals surface area contributed by atoms with Gasteiger partial charge >= 0.3 is 19.8 Å². The van der Waals surface area contributed by atoms with Crippen molar-refractivity contribution in [3.05, 3.63) is 72.9 Å². The molecule has 0 radical (unpaired) electrons. The molecule has 3 N–H and O–H groups in total. The van der Waals surface area contributed by atoms with E-state index in [0.717, 1.165) is 57.8 Å². The highest BCUT2D eigenvalue weighted by molar-refractivity contribution is 7.47. The lowest BCUT2D eigenvalue weighted by Gasteiger charge is -2.20. The topological polar surface area (TPSA) is 149 Å². The van der Waals surface area contributed by atoms with E-state index in [9.17, 15) is 24.2 Å². The number of ether oxygens (including phenoxy) is 2. The highest BCUT2D eigenvalue weighted by atomic mass is 31.2. The minimum absolute atomic E-state index is 0.133. The molecule has 0 bridgehead atoms. The van der Waals surface area contributed by atoms with Crippen LogP contribution in [-0.2, 0) is 32.7 Å². The van der Waals surface area contributed by atoms with Crippen molar-refractivity contribution < 1.29 is 47.8 Å². The van der Waals surface area contributed by atoms with Crippen molar-refractivity contribution in [2.45, 2.75) is 154 Å². The Balaban J connectivity index is 4.41. The molecule has 0 saturated carbocycles. The summed E-state index contributed by atoms with van der Waals surface area (Å²) in [6.45, 7) is 2.13. The molecule has 304 valence electrons. The molecule has 11 heteroatoms. The van der Waals surface area contributed by atoms with Gasteiger partial charge in [-0.2, -0.15) is 0 Å². The van der Waals surface area contributed by atoms with Crippen LogP contribution in [-0.4, -0.2) is 65.7 Å². The van der Waals surface area contributed by atoms with Gasteiger partial charge in [-0.15, -0.1) is 0 Å². The Morgan fingerprint density at radius 1 is 0.604 bits per heavy atom. The van der Waals surface area contributed by atoms with Crippen molar-refractivity contribution in [3.8, 4) is 0 Å². The summed E-state index contributed by atoms with van der Waals surface area (Å²) in [5.74, 6) is -0.988. The second kappa shape index (κ2) is 37.7. The zero-order valence-corrected chi connectivity index (χ0v) is 33.6. The Morgan fingerprint density at radius 3 is 1.74 bits per heavy atom. The maximum absolute atomic E-state index is 12.5. The molecule has 0 rings (SSSR count). The number of allylic oxidation sites excluding steroid dienone is 12. The van der Waals surface area contributed by atoms with Crippen LogP contribution in [0.2, 0.25) is 0 Å². The Labute approximate surface area is 320 Å². The van der Waals surface area contributed by atoms with Crippen LogP contribution in [0, 0.1) is 0 Å². The smallest absolute Gasteiger partial charge is 0.462 e. The second-order valence-corrected chi connectivity index (χ2v) is 14.5. The first kappa shape index (κ1) is 50.4. The predicted octanol–water partition coefficient (Wildman–Crippen LogP) is 10.1. The Kier molecular flexibility index (Phi) is 35.9. The summed E-state index contributed by atoms with van der Waals surface area (Å²) in [5.41, 5.74) is 0. The SMILES string of the molecule is CC/C=C/C=C/C=C/C=C/CCCCCC(=O)OC(COC(=O)CCCCCCCCC/C=C/C/C=C/CCCCC)COP(=O)(O)OC[C@@H](O)CO. The summed E-state index contributed by atoms with van der Waals surface area (Å²) >= 11 is 0. The third kappa shape index (κ3) is 37.5. The summed E-state index contributed by atoms with van der Waals surface area (Å²) in [4.78, 5) is 34.9. The number of carbonyl (C=O) groups is 2. The van der Waals surface area contributed by atoms with Gasteiger partial charge in [-0.1, -0.05) is 138 Å². The molecule has 0 heterocycles. The molecule has 10 nitrogen and oxygen atoms in total. The molecule has 2 unspecified atom stereocenters. The van der Waals surface area contributed by atoms with Gasteiger partial charge in [0.2, 0.25) is 0 Å². The van der Waals surface area contributed by atoms with Crippen LogP contribution < -0.4 is 0 Å². The second-order valence-electron chi connectivity index (χ2n) is 13.0. The maximum atomic E-state index is 12.5. The third-order valence-corrected chi connectivity index (χ3v) is 8.89. The molecule has 0 aromatic carbocycles. The minimum Gasteiger partial charge on any atom is -0.462 e. The van der Waals surface area contributed by atoms with E-state index in [2.05, 4.69) is 54.8 Å².